The Kier molecular flexibility index (Phi) is 2.14. The van der Waals surface area contributed by atoms with Gasteiger partial charge in [0.1, 0.15) is 0 Å². The first kappa shape index (κ1) is 8.68. The van der Waals surface area contributed by atoms with Gasteiger partial charge in [-0.05, 0) is 0 Å². The second kappa shape index (κ2) is 3.45. The third-order valence-electron chi connectivity index (χ3n) is 1.71. The zero-order chi connectivity index (χ0) is 9.97. The van der Waals surface area contributed by atoms with Gasteiger partial charge in [0.05, 0.1) is 25.7 Å². The lowest BCUT2D eigenvalue weighted by molar-refractivity contribution is 0.410. The van der Waals surface area contributed by atoms with E-state index in [1.54, 1.807) is 32.6 Å². The van der Waals surface area contributed by atoms with E-state index in [1.165, 1.54) is 0 Å². The molecule has 2 rings (SSSR count). The van der Waals surface area contributed by atoms with Crippen LogP contribution < -0.4 is 4.74 Å². The summed E-state index contributed by atoms with van der Waals surface area (Å²) in [6, 6.07) is 0. The molecular formula is C9H9N3O2. The van der Waals surface area contributed by atoms with Gasteiger partial charge in [0.2, 0.25) is 0 Å². The average molecular weight is 191 g/mol. The summed E-state index contributed by atoms with van der Waals surface area (Å²) >= 11 is 0. The third kappa shape index (κ3) is 1.56. The Labute approximate surface area is 80.8 Å². The number of nitrogens with zero attached hydrogens (tertiary/aromatic N) is 3. The minimum atomic E-state index is 0.506. The lowest BCUT2D eigenvalue weighted by Crippen LogP contribution is -1.89. The number of rotatable bonds is 2. The summed E-state index contributed by atoms with van der Waals surface area (Å²) < 4.78 is 10.2. The molecule has 0 unspecified atom stereocenters. The van der Waals surface area contributed by atoms with Crippen LogP contribution in [0.3, 0.4) is 0 Å². The molecule has 0 fully saturated rings. The van der Waals surface area contributed by atoms with Crippen molar-refractivity contribution in [3.05, 3.63) is 24.5 Å². The predicted octanol–water partition coefficient (Wildman–Crippen LogP) is 1.45. The predicted molar refractivity (Wildman–Crippen MR) is 48.8 cm³/mol. The molecular weight excluding hydrogens is 182 g/mol. The molecule has 0 spiro atoms. The van der Waals surface area contributed by atoms with E-state index in [0.717, 1.165) is 0 Å². The van der Waals surface area contributed by atoms with Crippen molar-refractivity contribution in [1.82, 2.24) is 15.0 Å². The molecule has 0 N–H and O–H groups in total. The van der Waals surface area contributed by atoms with Gasteiger partial charge in [0.25, 0.3) is 0 Å². The molecule has 0 amide bonds. The van der Waals surface area contributed by atoms with Gasteiger partial charge in [-0.2, -0.15) is 0 Å². The molecule has 5 heteroatoms. The summed E-state index contributed by atoms with van der Waals surface area (Å²) in [7, 11) is 1.57. The first-order chi connectivity index (χ1) is 6.79. The minimum absolute atomic E-state index is 0.506. The van der Waals surface area contributed by atoms with Crippen molar-refractivity contribution in [3.8, 4) is 17.3 Å². The van der Waals surface area contributed by atoms with Crippen molar-refractivity contribution < 1.29 is 9.15 Å². The zero-order valence-electron chi connectivity index (χ0n) is 7.89. The highest BCUT2D eigenvalue weighted by molar-refractivity contribution is 5.44. The van der Waals surface area contributed by atoms with Crippen LogP contribution in [0.2, 0.25) is 0 Å². The maximum absolute atomic E-state index is 5.27. The molecule has 72 valence electrons. The summed E-state index contributed by atoms with van der Waals surface area (Å²) in [4.78, 5) is 12.1. The molecule has 2 heterocycles. The standard InChI is InChI=1S/C9H9N3O2/c1-6-10-5-8(14-6)9-11-3-7(13-2)4-12-9/h3-5H,1-2H3. The van der Waals surface area contributed by atoms with Crippen LogP contribution in [0.15, 0.2) is 23.0 Å². The fraction of sp³-hybridized carbons (Fsp3) is 0.222. The highest BCUT2D eigenvalue weighted by Crippen LogP contribution is 2.16. The highest BCUT2D eigenvalue weighted by atomic mass is 16.5. The van der Waals surface area contributed by atoms with Gasteiger partial charge in [-0.25, -0.2) is 15.0 Å². The zero-order valence-corrected chi connectivity index (χ0v) is 7.89. The number of methoxy groups -OCH3 is 1. The van der Waals surface area contributed by atoms with Crippen molar-refractivity contribution >= 4 is 0 Å². The second-order valence-corrected chi connectivity index (χ2v) is 2.69. The SMILES string of the molecule is COc1cnc(-c2cnc(C)o2)nc1. The van der Waals surface area contributed by atoms with Crippen molar-refractivity contribution in [2.24, 2.45) is 0 Å². The summed E-state index contributed by atoms with van der Waals surface area (Å²) in [5.74, 6) is 2.28. The Bertz CT molecular complexity index is 422. The van der Waals surface area contributed by atoms with Crippen LogP contribution in [0, 0.1) is 6.92 Å². The molecule has 0 aliphatic heterocycles. The Morgan fingerprint density at radius 1 is 1.14 bits per heavy atom. The Morgan fingerprint density at radius 2 is 1.86 bits per heavy atom. The van der Waals surface area contributed by atoms with Crippen molar-refractivity contribution in [1.29, 1.82) is 0 Å². The molecule has 2 aromatic rings. The van der Waals surface area contributed by atoms with Crippen LogP contribution >= 0.6 is 0 Å². The van der Waals surface area contributed by atoms with Gasteiger partial charge in [0, 0.05) is 6.92 Å². The monoisotopic (exact) mass is 191 g/mol. The Morgan fingerprint density at radius 3 is 2.36 bits per heavy atom. The Balaban J connectivity index is 2.33. The largest absolute Gasteiger partial charge is 0.494 e. The molecule has 0 atom stereocenters. The van der Waals surface area contributed by atoms with E-state index >= 15 is 0 Å². The third-order valence-corrected chi connectivity index (χ3v) is 1.71. The fourth-order valence-corrected chi connectivity index (χ4v) is 1.01. The highest BCUT2D eigenvalue weighted by Gasteiger charge is 2.06. The molecule has 5 nitrogen and oxygen atoms in total. The van der Waals surface area contributed by atoms with E-state index in [-0.39, 0.29) is 0 Å². The second-order valence-electron chi connectivity index (χ2n) is 2.69. The summed E-state index contributed by atoms with van der Waals surface area (Å²) in [5.41, 5.74) is 0. The van der Waals surface area contributed by atoms with Gasteiger partial charge in [-0.15, -0.1) is 0 Å². The summed E-state index contributed by atoms with van der Waals surface area (Å²) in [6.45, 7) is 1.77. The van der Waals surface area contributed by atoms with Gasteiger partial charge in [0.15, 0.2) is 23.2 Å². The smallest absolute Gasteiger partial charge is 0.197 e. The van der Waals surface area contributed by atoms with Gasteiger partial charge in [-0.3, -0.25) is 0 Å². The summed E-state index contributed by atoms with van der Waals surface area (Å²) in [6.07, 6.45) is 4.76. The minimum Gasteiger partial charge on any atom is -0.494 e. The van der Waals surface area contributed by atoms with Gasteiger partial charge >= 0.3 is 0 Å². The van der Waals surface area contributed by atoms with Crippen LogP contribution in [-0.2, 0) is 0 Å². The van der Waals surface area contributed by atoms with E-state index in [2.05, 4.69) is 15.0 Å². The van der Waals surface area contributed by atoms with E-state index in [4.69, 9.17) is 9.15 Å². The van der Waals surface area contributed by atoms with E-state index in [1.807, 2.05) is 0 Å². The van der Waals surface area contributed by atoms with Crippen LogP contribution in [0.1, 0.15) is 5.89 Å². The quantitative estimate of drug-likeness (QED) is 0.718. The van der Waals surface area contributed by atoms with Crippen LogP contribution in [0.4, 0.5) is 0 Å². The lowest BCUT2D eigenvalue weighted by Gasteiger charge is -1.97. The van der Waals surface area contributed by atoms with Gasteiger partial charge < -0.3 is 9.15 Å². The molecule has 2 aromatic heterocycles. The maximum atomic E-state index is 5.27. The first-order valence-electron chi connectivity index (χ1n) is 4.08. The molecule has 0 saturated heterocycles. The average Bonchev–Trinajstić information content (AvgIpc) is 2.65. The molecule has 0 bridgehead atoms. The Hall–Kier alpha value is -1.91. The molecule has 0 radical (unpaired) electrons. The van der Waals surface area contributed by atoms with Crippen LogP contribution in [0.25, 0.3) is 11.6 Å². The number of aryl methyl sites for hydroxylation is 1. The first-order valence-corrected chi connectivity index (χ1v) is 4.08. The topological polar surface area (TPSA) is 61.0 Å². The van der Waals surface area contributed by atoms with E-state index < -0.39 is 0 Å². The maximum Gasteiger partial charge on any atom is 0.197 e. The van der Waals surface area contributed by atoms with Crippen LogP contribution in [0.5, 0.6) is 5.75 Å². The summed E-state index contributed by atoms with van der Waals surface area (Å²) in [5, 5.41) is 0. The molecule has 14 heavy (non-hydrogen) atoms. The van der Waals surface area contributed by atoms with Crippen molar-refractivity contribution in [2.75, 3.05) is 7.11 Å². The lowest BCUT2D eigenvalue weighted by atomic mass is 10.4. The molecule has 0 aromatic carbocycles. The number of aromatic nitrogens is 3. The number of oxazole rings is 1. The van der Waals surface area contributed by atoms with Crippen LogP contribution in [-0.4, -0.2) is 22.1 Å². The van der Waals surface area contributed by atoms with Crippen molar-refractivity contribution in [2.45, 2.75) is 6.92 Å². The number of hydrogen-bond acceptors (Lipinski definition) is 5. The number of ether oxygens (including phenoxy) is 1. The molecule has 0 saturated carbocycles. The van der Waals surface area contributed by atoms with E-state index in [0.29, 0.717) is 23.2 Å². The van der Waals surface area contributed by atoms with E-state index in [9.17, 15) is 0 Å². The molecule has 0 aliphatic carbocycles. The fourth-order valence-electron chi connectivity index (χ4n) is 1.01. The molecule has 0 aliphatic rings. The van der Waals surface area contributed by atoms with Gasteiger partial charge in [-0.1, -0.05) is 0 Å². The van der Waals surface area contributed by atoms with Crippen molar-refractivity contribution in [3.63, 3.8) is 0 Å². The number of hydrogen-bond donors (Lipinski definition) is 0. The normalized spacial score (nSPS) is 10.1.